The van der Waals surface area contributed by atoms with Crippen LogP contribution in [0.1, 0.15) is 35.8 Å². The molecule has 0 saturated heterocycles. The summed E-state index contributed by atoms with van der Waals surface area (Å²) in [5, 5.41) is 4.66. The number of benzene rings is 1. The first-order valence-corrected chi connectivity index (χ1v) is 10.8. The summed E-state index contributed by atoms with van der Waals surface area (Å²) < 4.78 is 24.7. The van der Waals surface area contributed by atoms with E-state index in [1.807, 2.05) is 40.6 Å². The lowest BCUT2D eigenvalue weighted by atomic mass is 9.91. The lowest BCUT2D eigenvalue weighted by molar-refractivity contribution is 0.396. The van der Waals surface area contributed by atoms with E-state index < -0.39 is 0 Å². The van der Waals surface area contributed by atoms with Crippen LogP contribution in [-0.2, 0) is 6.54 Å². The smallest absolute Gasteiger partial charge is 0.238 e. The highest BCUT2D eigenvalue weighted by Gasteiger charge is 2.28. The second-order valence-corrected chi connectivity index (χ2v) is 8.44. The van der Waals surface area contributed by atoms with Gasteiger partial charge in [0.2, 0.25) is 5.88 Å². The van der Waals surface area contributed by atoms with Gasteiger partial charge < -0.3 is 9.30 Å². The fraction of sp³-hybridized carbons (Fsp3) is 0.273. The van der Waals surface area contributed by atoms with E-state index in [-0.39, 0.29) is 11.7 Å². The van der Waals surface area contributed by atoms with Crippen LogP contribution in [0.2, 0.25) is 0 Å². The molecule has 1 atom stereocenters. The topological polar surface area (TPSA) is 70.7 Å². The van der Waals surface area contributed by atoms with E-state index in [4.69, 9.17) is 9.72 Å². The fourth-order valence-corrected chi connectivity index (χ4v) is 4.37. The Kier molecular flexibility index (Phi) is 5.05. The summed E-state index contributed by atoms with van der Waals surface area (Å²) in [5.74, 6) is 1.34. The first kappa shape index (κ1) is 19.9. The van der Waals surface area contributed by atoms with Crippen LogP contribution in [0.4, 0.5) is 4.39 Å². The molecule has 0 radical (unpaired) electrons. The summed E-state index contributed by atoms with van der Waals surface area (Å²) in [5.41, 5.74) is 2.92. The highest BCUT2D eigenvalue weighted by Crippen LogP contribution is 2.36. The lowest BCUT2D eigenvalue weighted by Crippen LogP contribution is -2.18. The van der Waals surface area contributed by atoms with Gasteiger partial charge >= 0.3 is 0 Å². The third kappa shape index (κ3) is 3.63. The predicted octanol–water partition coefficient (Wildman–Crippen LogP) is 4.67. The van der Waals surface area contributed by atoms with Crippen molar-refractivity contribution in [1.29, 1.82) is 0 Å². The van der Waals surface area contributed by atoms with E-state index in [2.05, 4.69) is 31.0 Å². The number of fused-ring (bicyclic) bond motifs is 1. The molecule has 0 spiro atoms. The summed E-state index contributed by atoms with van der Waals surface area (Å²) in [6, 6.07) is 8.79. The fourth-order valence-electron chi connectivity index (χ4n) is 3.99. The standard InChI is InChI=1S/C22H20BrFN6O/c1-13-11-29(12-25-13)19-8-7-18(26-22(19)31-2)20-27-21-15(4-3-9-30(21)28-20)16-10-14(23)5-6-17(16)24/h5-8,10-12,15H,3-4,9H2,1-2H3. The number of aryl methyl sites for hydroxylation is 2. The van der Waals surface area contributed by atoms with Crippen LogP contribution in [0.3, 0.4) is 0 Å². The zero-order chi connectivity index (χ0) is 21.5. The van der Waals surface area contributed by atoms with Crippen LogP contribution >= 0.6 is 15.9 Å². The molecule has 0 bridgehead atoms. The Morgan fingerprint density at radius 3 is 2.84 bits per heavy atom. The summed E-state index contributed by atoms with van der Waals surface area (Å²) >= 11 is 3.45. The quantitative estimate of drug-likeness (QED) is 0.422. The molecule has 0 saturated carbocycles. The number of aromatic nitrogens is 6. The van der Waals surface area contributed by atoms with Gasteiger partial charge in [-0.3, -0.25) is 0 Å². The van der Waals surface area contributed by atoms with Crippen molar-refractivity contribution in [3.63, 3.8) is 0 Å². The van der Waals surface area contributed by atoms with E-state index in [0.29, 0.717) is 23.0 Å². The molecule has 1 unspecified atom stereocenters. The predicted molar refractivity (Wildman–Crippen MR) is 117 cm³/mol. The Morgan fingerprint density at radius 2 is 2.06 bits per heavy atom. The van der Waals surface area contributed by atoms with Gasteiger partial charge in [0.05, 0.1) is 19.1 Å². The maximum atomic E-state index is 14.6. The van der Waals surface area contributed by atoms with Gasteiger partial charge in [0.25, 0.3) is 0 Å². The molecule has 1 aliphatic heterocycles. The normalized spacial score (nSPS) is 15.7. The molecule has 0 fully saturated rings. The molecule has 1 aliphatic rings. The van der Waals surface area contributed by atoms with E-state index in [1.54, 1.807) is 19.5 Å². The number of imidazole rings is 1. The zero-order valence-corrected chi connectivity index (χ0v) is 18.7. The summed E-state index contributed by atoms with van der Waals surface area (Å²) in [7, 11) is 1.58. The van der Waals surface area contributed by atoms with Crippen molar-refractivity contribution < 1.29 is 9.13 Å². The Labute approximate surface area is 187 Å². The molecule has 158 valence electrons. The maximum Gasteiger partial charge on any atom is 0.238 e. The molecular weight excluding hydrogens is 463 g/mol. The molecule has 4 heterocycles. The molecule has 0 N–H and O–H groups in total. The maximum absolute atomic E-state index is 14.6. The molecule has 5 rings (SSSR count). The monoisotopic (exact) mass is 482 g/mol. The van der Waals surface area contributed by atoms with E-state index in [9.17, 15) is 4.39 Å². The Morgan fingerprint density at radius 1 is 1.19 bits per heavy atom. The average molecular weight is 483 g/mol. The zero-order valence-electron chi connectivity index (χ0n) is 17.1. The minimum Gasteiger partial charge on any atom is -0.479 e. The minimum absolute atomic E-state index is 0.150. The lowest BCUT2D eigenvalue weighted by Gasteiger charge is -2.22. The molecule has 0 amide bonds. The largest absolute Gasteiger partial charge is 0.479 e. The van der Waals surface area contributed by atoms with Crippen LogP contribution in [0.25, 0.3) is 17.2 Å². The Balaban J connectivity index is 1.54. The van der Waals surface area contributed by atoms with Crippen molar-refractivity contribution >= 4 is 15.9 Å². The van der Waals surface area contributed by atoms with Crippen molar-refractivity contribution in [2.75, 3.05) is 7.11 Å². The van der Waals surface area contributed by atoms with Crippen molar-refractivity contribution in [3.8, 4) is 23.1 Å². The van der Waals surface area contributed by atoms with Crippen molar-refractivity contribution in [2.24, 2.45) is 0 Å². The van der Waals surface area contributed by atoms with Gasteiger partial charge in [-0.15, -0.1) is 5.10 Å². The number of methoxy groups -OCH3 is 1. The Bertz CT molecular complexity index is 1270. The van der Waals surface area contributed by atoms with Crippen molar-refractivity contribution in [1.82, 2.24) is 29.3 Å². The van der Waals surface area contributed by atoms with Crippen molar-refractivity contribution in [3.05, 3.63) is 70.2 Å². The number of rotatable bonds is 4. The van der Waals surface area contributed by atoms with Gasteiger partial charge in [-0.2, -0.15) is 0 Å². The van der Waals surface area contributed by atoms with E-state index in [1.165, 1.54) is 6.07 Å². The molecular formula is C22H20BrFN6O. The van der Waals surface area contributed by atoms with Crippen molar-refractivity contribution in [2.45, 2.75) is 32.2 Å². The molecule has 3 aromatic heterocycles. The van der Waals surface area contributed by atoms with Crippen LogP contribution in [0.15, 0.2) is 47.3 Å². The molecule has 0 aliphatic carbocycles. The number of pyridine rings is 1. The first-order valence-electron chi connectivity index (χ1n) is 9.99. The Hall–Kier alpha value is -3.07. The van der Waals surface area contributed by atoms with Gasteiger partial charge in [0, 0.05) is 23.1 Å². The number of nitrogens with zero attached hydrogens (tertiary/aromatic N) is 6. The third-order valence-corrected chi connectivity index (χ3v) is 5.95. The number of hydrogen-bond donors (Lipinski definition) is 0. The molecule has 9 heteroatoms. The van der Waals surface area contributed by atoms with Crippen LogP contribution in [0.5, 0.6) is 5.88 Å². The highest BCUT2D eigenvalue weighted by molar-refractivity contribution is 9.10. The van der Waals surface area contributed by atoms with E-state index in [0.717, 1.165) is 41.1 Å². The third-order valence-electron chi connectivity index (χ3n) is 5.46. The molecule has 1 aromatic carbocycles. The SMILES string of the molecule is COc1nc(-c2nc3n(n2)CCCC3c2cc(Br)ccc2F)ccc1-n1cnc(C)c1. The van der Waals surface area contributed by atoms with Gasteiger partial charge in [0.15, 0.2) is 5.82 Å². The summed E-state index contributed by atoms with van der Waals surface area (Å²) in [4.78, 5) is 13.7. The molecule has 7 nitrogen and oxygen atoms in total. The van der Waals surface area contributed by atoms with Crippen LogP contribution in [-0.4, -0.2) is 36.4 Å². The minimum atomic E-state index is -0.231. The van der Waals surface area contributed by atoms with E-state index >= 15 is 0 Å². The highest BCUT2D eigenvalue weighted by atomic mass is 79.9. The van der Waals surface area contributed by atoms with Crippen LogP contribution in [0, 0.1) is 12.7 Å². The van der Waals surface area contributed by atoms with Gasteiger partial charge in [-0.05, 0) is 55.7 Å². The molecule has 4 aromatic rings. The summed E-state index contributed by atoms with van der Waals surface area (Å²) in [6.45, 7) is 2.67. The number of ether oxygens (including phenoxy) is 1. The molecule has 31 heavy (non-hydrogen) atoms. The van der Waals surface area contributed by atoms with Crippen LogP contribution < -0.4 is 4.74 Å². The number of halogens is 2. The number of hydrogen-bond acceptors (Lipinski definition) is 5. The summed E-state index contributed by atoms with van der Waals surface area (Å²) in [6.07, 6.45) is 5.35. The van der Waals surface area contributed by atoms with Gasteiger partial charge in [-0.25, -0.2) is 24.0 Å². The second-order valence-electron chi connectivity index (χ2n) is 7.52. The second kappa shape index (κ2) is 7.88. The average Bonchev–Trinajstić information content (AvgIpc) is 3.41. The van der Waals surface area contributed by atoms with Gasteiger partial charge in [0.1, 0.15) is 23.0 Å². The first-order chi connectivity index (χ1) is 15.0. The van der Waals surface area contributed by atoms with Gasteiger partial charge in [-0.1, -0.05) is 15.9 Å².